The number of ether oxygens (including phenoxy) is 1. The number of nitrogens with one attached hydrogen (secondary N) is 1. The molecule has 0 heterocycles. The van der Waals surface area contributed by atoms with E-state index in [4.69, 9.17) is 4.74 Å². The molecular weight excluding hydrogens is 294 g/mol. The Kier molecular flexibility index (Phi) is 7.30. The molecule has 0 aliphatic carbocycles. The van der Waals surface area contributed by atoms with Crippen LogP contribution in [0.1, 0.15) is 5.56 Å². The molecule has 4 heteroatoms. The van der Waals surface area contributed by atoms with Gasteiger partial charge >= 0.3 is 0 Å². The van der Waals surface area contributed by atoms with Gasteiger partial charge in [-0.25, -0.2) is 0 Å². The Labute approximate surface area is 136 Å². The van der Waals surface area contributed by atoms with E-state index in [0.717, 1.165) is 18.0 Å². The van der Waals surface area contributed by atoms with E-state index in [-0.39, 0.29) is 0 Å². The van der Waals surface area contributed by atoms with E-state index in [0.29, 0.717) is 13.2 Å². The molecule has 0 aromatic heterocycles. The van der Waals surface area contributed by atoms with Crippen molar-refractivity contribution >= 4 is 11.8 Å². The number of thioether (sulfide) groups is 1. The molecule has 0 saturated carbocycles. The predicted molar refractivity (Wildman–Crippen MR) is 92.7 cm³/mol. The fraction of sp³-hybridized carbons (Fsp3) is 0.333. The molecule has 0 saturated heterocycles. The Morgan fingerprint density at radius 1 is 1.09 bits per heavy atom. The second-order valence-corrected chi connectivity index (χ2v) is 6.31. The molecule has 0 aliphatic rings. The van der Waals surface area contributed by atoms with Crippen molar-refractivity contribution in [2.45, 2.75) is 17.9 Å². The molecule has 0 unspecified atom stereocenters. The molecule has 0 radical (unpaired) electrons. The summed E-state index contributed by atoms with van der Waals surface area (Å²) in [5.74, 6) is 1.77. The van der Waals surface area contributed by atoms with Gasteiger partial charge in [-0.05, 0) is 31.2 Å². The van der Waals surface area contributed by atoms with Gasteiger partial charge in [0.15, 0.2) is 0 Å². The number of aryl methyl sites for hydroxylation is 1. The van der Waals surface area contributed by atoms with Gasteiger partial charge < -0.3 is 15.2 Å². The van der Waals surface area contributed by atoms with E-state index in [1.807, 2.05) is 42.1 Å². The molecule has 2 aromatic rings. The van der Waals surface area contributed by atoms with Crippen LogP contribution in [0.15, 0.2) is 59.5 Å². The number of hydrogen-bond acceptors (Lipinski definition) is 4. The molecule has 118 valence electrons. The maximum absolute atomic E-state index is 9.86. The highest BCUT2D eigenvalue weighted by atomic mass is 32.2. The third-order valence-corrected chi connectivity index (χ3v) is 4.15. The Morgan fingerprint density at radius 3 is 2.55 bits per heavy atom. The number of benzene rings is 2. The standard InChI is InChI=1S/C18H23NO2S/c1-15-7-9-18(10-8-15)22-12-11-19-13-16(20)14-21-17-5-3-2-4-6-17/h2-10,16,19-20H,11-14H2,1H3/t16-/m1/s1. The normalized spacial score (nSPS) is 12.1. The minimum atomic E-state index is -0.496. The van der Waals surface area contributed by atoms with Gasteiger partial charge in [0.05, 0.1) is 0 Å². The first kappa shape index (κ1) is 16.9. The van der Waals surface area contributed by atoms with Crippen molar-refractivity contribution in [3.8, 4) is 5.75 Å². The average Bonchev–Trinajstić information content (AvgIpc) is 2.55. The first-order valence-corrected chi connectivity index (χ1v) is 8.49. The lowest BCUT2D eigenvalue weighted by Crippen LogP contribution is -2.32. The highest BCUT2D eigenvalue weighted by molar-refractivity contribution is 7.99. The van der Waals surface area contributed by atoms with Crippen LogP contribution in [-0.4, -0.2) is 36.7 Å². The van der Waals surface area contributed by atoms with Crippen molar-refractivity contribution in [3.63, 3.8) is 0 Å². The van der Waals surface area contributed by atoms with Crippen molar-refractivity contribution in [2.24, 2.45) is 0 Å². The lowest BCUT2D eigenvalue weighted by molar-refractivity contribution is 0.107. The third-order valence-electron chi connectivity index (χ3n) is 3.13. The summed E-state index contributed by atoms with van der Waals surface area (Å²) < 4.78 is 5.51. The third kappa shape index (κ3) is 6.52. The molecule has 0 bridgehead atoms. The zero-order valence-corrected chi connectivity index (χ0v) is 13.7. The monoisotopic (exact) mass is 317 g/mol. The van der Waals surface area contributed by atoms with Crippen LogP contribution in [0.5, 0.6) is 5.75 Å². The minimum absolute atomic E-state index is 0.308. The molecule has 22 heavy (non-hydrogen) atoms. The van der Waals surface area contributed by atoms with Crippen LogP contribution in [0.3, 0.4) is 0 Å². The van der Waals surface area contributed by atoms with E-state index in [1.165, 1.54) is 10.5 Å². The van der Waals surface area contributed by atoms with Gasteiger partial charge in [-0.1, -0.05) is 35.9 Å². The molecule has 0 spiro atoms. The Bertz CT molecular complexity index is 531. The maximum atomic E-state index is 9.86. The zero-order chi connectivity index (χ0) is 15.6. The van der Waals surface area contributed by atoms with Crippen LogP contribution in [0.25, 0.3) is 0 Å². The van der Waals surface area contributed by atoms with Crippen molar-refractivity contribution < 1.29 is 9.84 Å². The van der Waals surface area contributed by atoms with Gasteiger partial charge in [-0.15, -0.1) is 11.8 Å². The molecule has 2 N–H and O–H groups in total. The SMILES string of the molecule is Cc1ccc(SCCNC[C@@H](O)COc2ccccc2)cc1. The molecule has 0 aliphatic heterocycles. The minimum Gasteiger partial charge on any atom is -0.491 e. The first-order valence-electron chi connectivity index (χ1n) is 7.50. The predicted octanol–water partition coefficient (Wildman–Crippen LogP) is 3.12. The van der Waals surface area contributed by atoms with Gasteiger partial charge in [0, 0.05) is 23.7 Å². The van der Waals surface area contributed by atoms with E-state index in [1.54, 1.807) is 0 Å². The highest BCUT2D eigenvalue weighted by Crippen LogP contribution is 2.17. The smallest absolute Gasteiger partial charge is 0.119 e. The van der Waals surface area contributed by atoms with Crippen LogP contribution < -0.4 is 10.1 Å². The second kappa shape index (κ2) is 9.51. The Balaban J connectivity index is 1.53. The number of hydrogen-bond donors (Lipinski definition) is 2. The molecule has 1 atom stereocenters. The molecule has 2 aromatic carbocycles. The van der Waals surface area contributed by atoms with E-state index in [9.17, 15) is 5.11 Å². The van der Waals surface area contributed by atoms with Crippen LogP contribution in [0, 0.1) is 6.92 Å². The van der Waals surface area contributed by atoms with Crippen LogP contribution in [-0.2, 0) is 0 Å². The number of rotatable bonds is 9. The van der Waals surface area contributed by atoms with Gasteiger partial charge in [-0.2, -0.15) is 0 Å². The summed E-state index contributed by atoms with van der Waals surface area (Å²) in [5.41, 5.74) is 1.28. The van der Waals surface area contributed by atoms with Gasteiger partial charge in [0.2, 0.25) is 0 Å². The summed E-state index contributed by atoms with van der Waals surface area (Å²) >= 11 is 1.82. The van der Waals surface area contributed by atoms with Crippen LogP contribution in [0.2, 0.25) is 0 Å². The topological polar surface area (TPSA) is 41.5 Å². The summed E-state index contributed by atoms with van der Waals surface area (Å²) in [7, 11) is 0. The van der Waals surface area contributed by atoms with E-state index in [2.05, 4.69) is 36.5 Å². The number of aliphatic hydroxyl groups is 1. The number of para-hydroxylation sites is 1. The molecule has 0 amide bonds. The van der Waals surface area contributed by atoms with Crippen molar-refractivity contribution in [3.05, 3.63) is 60.2 Å². The van der Waals surface area contributed by atoms with Crippen molar-refractivity contribution in [2.75, 3.05) is 25.4 Å². The van der Waals surface area contributed by atoms with Gasteiger partial charge in [0.25, 0.3) is 0 Å². The largest absolute Gasteiger partial charge is 0.491 e. The Morgan fingerprint density at radius 2 is 1.82 bits per heavy atom. The molecule has 3 nitrogen and oxygen atoms in total. The van der Waals surface area contributed by atoms with Crippen molar-refractivity contribution in [1.82, 2.24) is 5.32 Å². The number of aliphatic hydroxyl groups excluding tert-OH is 1. The van der Waals surface area contributed by atoms with E-state index >= 15 is 0 Å². The zero-order valence-electron chi connectivity index (χ0n) is 12.9. The lowest BCUT2D eigenvalue weighted by Gasteiger charge is -2.13. The fourth-order valence-electron chi connectivity index (χ4n) is 1.91. The van der Waals surface area contributed by atoms with Crippen LogP contribution >= 0.6 is 11.8 Å². The summed E-state index contributed by atoms with van der Waals surface area (Å²) in [4.78, 5) is 1.28. The quantitative estimate of drug-likeness (QED) is 0.551. The summed E-state index contributed by atoms with van der Waals surface area (Å²) in [6, 6.07) is 18.1. The molecule has 2 rings (SSSR count). The summed E-state index contributed by atoms with van der Waals surface area (Å²) in [6.45, 7) is 3.80. The van der Waals surface area contributed by atoms with Gasteiger partial charge in [0.1, 0.15) is 18.5 Å². The fourth-order valence-corrected chi connectivity index (χ4v) is 2.72. The highest BCUT2D eigenvalue weighted by Gasteiger charge is 2.04. The summed E-state index contributed by atoms with van der Waals surface area (Å²) in [6.07, 6.45) is -0.496. The first-order chi connectivity index (χ1) is 10.7. The van der Waals surface area contributed by atoms with Crippen molar-refractivity contribution in [1.29, 1.82) is 0 Å². The van der Waals surface area contributed by atoms with Gasteiger partial charge in [-0.3, -0.25) is 0 Å². The van der Waals surface area contributed by atoms with E-state index < -0.39 is 6.10 Å². The molecule has 0 fully saturated rings. The lowest BCUT2D eigenvalue weighted by atomic mass is 10.2. The Hall–Kier alpha value is -1.49. The van der Waals surface area contributed by atoms with Crippen LogP contribution in [0.4, 0.5) is 0 Å². The second-order valence-electron chi connectivity index (χ2n) is 5.14. The molecular formula is C18H23NO2S. The average molecular weight is 317 g/mol. The maximum Gasteiger partial charge on any atom is 0.119 e. The summed E-state index contributed by atoms with van der Waals surface area (Å²) in [5, 5.41) is 13.1.